The largest absolute Gasteiger partial charge is 0.324 e. The minimum Gasteiger partial charge on any atom is -0.324 e. The van der Waals surface area contributed by atoms with Crippen LogP contribution in [0.4, 0.5) is 5.69 Å². The van der Waals surface area contributed by atoms with Crippen molar-refractivity contribution >= 4 is 55.8 Å². The molecule has 9 heteroatoms. The number of pyridine rings is 1. The zero-order chi connectivity index (χ0) is 17.0. The van der Waals surface area contributed by atoms with E-state index in [1.807, 2.05) is 0 Å². The molecule has 0 atom stereocenters. The minimum absolute atomic E-state index is 0.0302. The fraction of sp³-hybridized carbons (Fsp3) is 0.143. The maximum atomic E-state index is 12.3. The van der Waals surface area contributed by atoms with Gasteiger partial charge in [0.05, 0.1) is 17.3 Å². The van der Waals surface area contributed by atoms with E-state index in [9.17, 15) is 13.2 Å². The van der Waals surface area contributed by atoms with Crippen LogP contribution >= 0.6 is 34.2 Å². The molecule has 122 valence electrons. The Labute approximate surface area is 153 Å². The Kier molecular flexibility index (Phi) is 5.95. The number of anilines is 1. The van der Waals surface area contributed by atoms with Crippen LogP contribution in [0.2, 0.25) is 5.02 Å². The van der Waals surface area contributed by atoms with Gasteiger partial charge in [-0.05, 0) is 52.9 Å². The number of rotatable bonds is 5. The number of carbonyl (C=O) groups excluding carboxylic acids is 1. The van der Waals surface area contributed by atoms with E-state index in [1.54, 1.807) is 18.2 Å². The van der Waals surface area contributed by atoms with E-state index in [-0.39, 0.29) is 11.4 Å². The summed E-state index contributed by atoms with van der Waals surface area (Å²) in [5, 5.41) is 2.99. The second-order valence-electron chi connectivity index (χ2n) is 4.62. The van der Waals surface area contributed by atoms with Gasteiger partial charge in [-0.25, -0.2) is 8.42 Å². The highest BCUT2D eigenvalue weighted by Crippen LogP contribution is 2.23. The lowest BCUT2D eigenvalue weighted by atomic mass is 10.3. The summed E-state index contributed by atoms with van der Waals surface area (Å²) in [4.78, 5) is 15.9. The molecule has 0 fully saturated rings. The smallest absolute Gasteiger partial charge is 0.244 e. The van der Waals surface area contributed by atoms with Gasteiger partial charge in [0.2, 0.25) is 15.9 Å². The van der Waals surface area contributed by atoms with Crippen molar-refractivity contribution in [1.82, 2.24) is 9.29 Å². The lowest BCUT2D eigenvalue weighted by molar-refractivity contribution is -0.116. The van der Waals surface area contributed by atoms with Gasteiger partial charge < -0.3 is 5.32 Å². The first-order valence-corrected chi connectivity index (χ1v) is 9.31. The molecule has 1 aromatic carbocycles. The Morgan fingerprint density at radius 3 is 2.74 bits per heavy atom. The Hall–Kier alpha value is -1.23. The molecule has 2 aromatic rings. The van der Waals surface area contributed by atoms with Crippen molar-refractivity contribution in [1.29, 1.82) is 0 Å². The molecule has 0 aliphatic rings. The third-order valence-corrected chi connectivity index (χ3v) is 5.68. The molecular weight excluding hydrogens is 453 g/mol. The van der Waals surface area contributed by atoms with Crippen LogP contribution in [0.3, 0.4) is 0 Å². The van der Waals surface area contributed by atoms with Crippen molar-refractivity contribution < 1.29 is 13.2 Å². The first-order chi connectivity index (χ1) is 10.8. The van der Waals surface area contributed by atoms with Crippen molar-refractivity contribution in [3.05, 3.63) is 51.3 Å². The van der Waals surface area contributed by atoms with Gasteiger partial charge in [-0.3, -0.25) is 9.78 Å². The molecule has 0 radical (unpaired) electrons. The molecule has 0 aliphatic carbocycles. The summed E-state index contributed by atoms with van der Waals surface area (Å²) < 4.78 is 26.5. The van der Waals surface area contributed by atoms with Crippen LogP contribution in [-0.2, 0) is 14.8 Å². The summed E-state index contributed by atoms with van der Waals surface area (Å²) >= 11 is 8.14. The van der Waals surface area contributed by atoms with Crippen molar-refractivity contribution in [3.63, 3.8) is 0 Å². The molecular formula is C14H13ClIN3O3S. The number of nitrogens with one attached hydrogen (secondary N) is 1. The molecule has 1 N–H and O–H groups in total. The number of nitrogens with zero attached hydrogens (tertiary/aromatic N) is 2. The van der Waals surface area contributed by atoms with Gasteiger partial charge >= 0.3 is 0 Å². The molecule has 0 saturated heterocycles. The normalized spacial score (nSPS) is 11.5. The summed E-state index contributed by atoms with van der Waals surface area (Å²) in [5.41, 5.74) is 0.434. The van der Waals surface area contributed by atoms with Crippen LogP contribution in [0.1, 0.15) is 0 Å². The lowest BCUT2D eigenvalue weighted by Crippen LogP contribution is -2.35. The Balaban J connectivity index is 2.08. The molecule has 0 unspecified atom stereocenters. The van der Waals surface area contributed by atoms with Crippen molar-refractivity contribution in [3.8, 4) is 0 Å². The van der Waals surface area contributed by atoms with Crippen LogP contribution in [0.25, 0.3) is 0 Å². The van der Waals surface area contributed by atoms with E-state index in [0.717, 1.165) is 7.88 Å². The van der Waals surface area contributed by atoms with Crippen molar-refractivity contribution in [2.24, 2.45) is 0 Å². The Bertz CT molecular complexity index is 815. The SMILES string of the molecule is CN(CC(=O)Nc1ccc(I)cc1Cl)S(=O)(=O)c1cccnc1. The van der Waals surface area contributed by atoms with E-state index in [1.165, 1.54) is 31.6 Å². The van der Waals surface area contributed by atoms with Gasteiger partial charge in [0, 0.05) is 23.0 Å². The van der Waals surface area contributed by atoms with Gasteiger partial charge in [0.1, 0.15) is 4.90 Å². The van der Waals surface area contributed by atoms with Crippen LogP contribution in [0, 0.1) is 3.57 Å². The van der Waals surface area contributed by atoms with E-state index in [0.29, 0.717) is 10.7 Å². The number of amides is 1. The third-order valence-electron chi connectivity index (χ3n) is 2.91. The summed E-state index contributed by atoms with van der Waals surface area (Å²) in [5.74, 6) is -0.483. The number of likely N-dealkylation sites (N-methyl/N-ethyl adjacent to an activating group) is 1. The molecule has 0 bridgehead atoms. The standard InChI is InChI=1S/C14H13ClIN3O3S/c1-19(23(21,22)11-3-2-6-17-8-11)9-14(20)18-13-5-4-10(16)7-12(13)15/h2-8H,9H2,1H3,(H,18,20). The first-order valence-electron chi connectivity index (χ1n) is 6.42. The minimum atomic E-state index is -3.77. The second-order valence-corrected chi connectivity index (χ2v) is 8.32. The fourth-order valence-electron chi connectivity index (χ4n) is 1.75. The van der Waals surface area contributed by atoms with E-state index >= 15 is 0 Å². The Morgan fingerprint density at radius 1 is 1.39 bits per heavy atom. The summed E-state index contributed by atoms with van der Waals surface area (Å²) in [6.45, 7) is -0.334. The lowest BCUT2D eigenvalue weighted by Gasteiger charge is -2.17. The highest BCUT2D eigenvalue weighted by Gasteiger charge is 2.23. The summed E-state index contributed by atoms with van der Waals surface area (Å²) in [6.07, 6.45) is 2.71. The number of halogens is 2. The number of benzene rings is 1. The van der Waals surface area contributed by atoms with Gasteiger partial charge in [0.25, 0.3) is 0 Å². The number of carbonyl (C=O) groups is 1. The average molecular weight is 466 g/mol. The van der Waals surface area contributed by atoms with E-state index < -0.39 is 15.9 Å². The number of aromatic nitrogens is 1. The van der Waals surface area contributed by atoms with Crippen LogP contribution in [0.15, 0.2) is 47.6 Å². The van der Waals surface area contributed by atoms with E-state index in [2.05, 4.69) is 32.9 Å². The molecule has 0 aliphatic heterocycles. The van der Waals surface area contributed by atoms with Gasteiger partial charge in [-0.2, -0.15) is 4.31 Å². The third kappa shape index (κ3) is 4.63. The van der Waals surface area contributed by atoms with Gasteiger partial charge in [-0.1, -0.05) is 11.6 Å². The summed E-state index contributed by atoms with van der Waals surface area (Å²) in [6, 6.07) is 8.10. The van der Waals surface area contributed by atoms with Crippen LogP contribution in [-0.4, -0.2) is 37.2 Å². The predicted octanol–water partition coefficient (Wildman–Crippen LogP) is 2.60. The second kappa shape index (κ2) is 7.56. The van der Waals surface area contributed by atoms with Gasteiger partial charge in [0.15, 0.2) is 0 Å². The average Bonchev–Trinajstić information content (AvgIpc) is 2.51. The zero-order valence-corrected chi connectivity index (χ0v) is 15.8. The number of hydrogen-bond acceptors (Lipinski definition) is 4. The highest BCUT2D eigenvalue weighted by atomic mass is 127. The maximum absolute atomic E-state index is 12.3. The molecule has 1 heterocycles. The fourth-order valence-corrected chi connectivity index (χ4v) is 3.74. The monoisotopic (exact) mass is 465 g/mol. The quantitative estimate of drug-likeness (QED) is 0.689. The van der Waals surface area contributed by atoms with Crippen LogP contribution < -0.4 is 5.32 Å². The van der Waals surface area contributed by atoms with Crippen molar-refractivity contribution in [2.45, 2.75) is 4.90 Å². The number of sulfonamides is 1. The van der Waals surface area contributed by atoms with Gasteiger partial charge in [-0.15, -0.1) is 0 Å². The first kappa shape index (κ1) is 18.1. The molecule has 1 amide bonds. The zero-order valence-electron chi connectivity index (χ0n) is 12.0. The molecule has 2 rings (SSSR count). The topological polar surface area (TPSA) is 79.4 Å². The molecule has 1 aromatic heterocycles. The maximum Gasteiger partial charge on any atom is 0.244 e. The van der Waals surface area contributed by atoms with E-state index in [4.69, 9.17) is 11.6 Å². The Morgan fingerprint density at radius 2 is 2.13 bits per heavy atom. The molecule has 0 spiro atoms. The van der Waals surface area contributed by atoms with Crippen LogP contribution in [0.5, 0.6) is 0 Å². The molecule has 6 nitrogen and oxygen atoms in total. The summed E-state index contributed by atoms with van der Waals surface area (Å²) in [7, 11) is -2.44. The number of hydrogen-bond donors (Lipinski definition) is 1. The predicted molar refractivity (Wildman–Crippen MR) is 96.9 cm³/mol. The van der Waals surface area contributed by atoms with Crippen molar-refractivity contribution in [2.75, 3.05) is 18.9 Å². The highest BCUT2D eigenvalue weighted by molar-refractivity contribution is 14.1. The molecule has 23 heavy (non-hydrogen) atoms. The molecule has 0 saturated carbocycles.